The van der Waals surface area contributed by atoms with Crippen LogP contribution in [0.25, 0.3) is 0 Å². The molecule has 0 saturated carbocycles. The minimum Gasteiger partial charge on any atom is -0.496 e. The Balaban J connectivity index is 2.21. The second-order valence-corrected chi connectivity index (χ2v) is 5.56. The van der Waals surface area contributed by atoms with Crippen molar-refractivity contribution >= 4 is 11.8 Å². The Morgan fingerprint density at radius 2 is 1.62 bits per heavy atom. The molecule has 0 unspecified atom stereocenters. The van der Waals surface area contributed by atoms with Gasteiger partial charge in [0.1, 0.15) is 18.8 Å². The fraction of sp³-hybridized carbons (Fsp3) is 0.500. The van der Waals surface area contributed by atoms with Crippen LogP contribution in [0, 0.1) is 0 Å². The molecule has 7 nitrogen and oxygen atoms in total. The number of methoxy groups -OCH3 is 3. The Kier molecular flexibility index (Phi) is 5.83. The monoisotopic (exact) mass is 376 g/mol. The summed E-state index contributed by atoms with van der Waals surface area (Å²) in [6.07, 6.45) is -4.48. The Morgan fingerprint density at radius 1 is 1.04 bits per heavy atom. The second-order valence-electron chi connectivity index (χ2n) is 5.56. The van der Waals surface area contributed by atoms with Crippen LogP contribution in [-0.2, 0) is 4.79 Å². The Bertz CT molecular complexity index is 693. The molecule has 0 radical (unpaired) electrons. The van der Waals surface area contributed by atoms with E-state index in [0.29, 0.717) is 16.4 Å². The number of amides is 2. The summed E-state index contributed by atoms with van der Waals surface area (Å²) in [7, 11) is 4.19. The van der Waals surface area contributed by atoms with Gasteiger partial charge in [0, 0.05) is 25.2 Å². The molecule has 26 heavy (non-hydrogen) atoms. The van der Waals surface area contributed by atoms with Crippen LogP contribution in [0.3, 0.4) is 0 Å². The van der Waals surface area contributed by atoms with Gasteiger partial charge in [0.05, 0.1) is 26.9 Å². The van der Waals surface area contributed by atoms with Crippen molar-refractivity contribution in [3.05, 3.63) is 17.7 Å². The first-order valence-corrected chi connectivity index (χ1v) is 7.64. The van der Waals surface area contributed by atoms with Crippen molar-refractivity contribution < 1.29 is 37.0 Å². The van der Waals surface area contributed by atoms with E-state index in [1.54, 1.807) is 0 Å². The summed E-state index contributed by atoms with van der Waals surface area (Å²) < 4.78 is 52.9. The fourth-order valence-electron chi connectivity index (χ4n) is 2.63. The maximum absolute atomic E-state index is 12.7. The molecule has 0 spiro atoms. The molecule has 0 bridgehead atoms. The number of nitrogens with zero attached hydrogens (tertiary/aromatic N) is 2. The van der Waals surface area contributed by atoms with Gasteiger partial charge in [0.25, 0.3) is 5.91 Å². The zero-order valence-corrected chi connectivity index (χ0v) is 14.6. The predicted molar refractivity (Wildman–Crippen MR) is 84.6 cm³/mol. The Hall–Kier alpha value is -2.65. The molecule has 1 aliphatic heterocycles. The summed E-state index contributed by atoms with van der Waals surface area (Å²) in [5.74, 6) is -0.451. The van der Waals surface area contributed by atoms with Gasteiger partial charge in [0.2, 0.25) is 5.91 Å². The van der Waals surface area contributed by atoms with Gasteiger partial charge in [-0.25, -0.2) is 0 Å². The Morgan fingerprint density at radius 3 is 2.12 bits per heavy atom. The number of hydrogen-bond acceptors (Lipinski definition) is 5. The summed E-state index contributed by atoms with van der Waals surface area (Å²) in [5, 5.41) is 0. The third-order valence-corrected chi connectivity index (χ3v) is 3.91. The van der Waals surface area contributed by atoms with Gasteiger partial charge in [-0.2, -0.15) is 13.2 Å². The van der Waals surface area contributed by atoms with E-state index in [1.807, 2.05) is 0 Å². The maximum atomic E-state index is 12.7. The number of carbonyl (C=O) groups is 2. The van der Waals surface area contributed by atoms with E-state index in [0.717, 1.165) is 0 Å². The largest absolute Gasteiger partial charge is 0.496 e. The van der Waals surface area contributed by atoms with Gasteiger partial charge in [-0.15, -0.1) is 0 Å². The van der Waals surface area contributed by atoms with Gasteiger partial charge in [-0.3, -0.25) is 9.59 Å². The summed E-state index contributed by atoms with van der Waals surface area (Å²) >= 11 is 0. The van der Waals surface area contributed by atoms with E-state index < -0.39 is 31.1 Å². The number of rotatable bonds is 5. The summed E-state index contributed by atoms with van der Waals surface area (Å²) in [4.78, 5) is 26.6. The number of ether oxygens (including phenoxy) is 3. The first-order chi connectivity index (χ1) is 12.2. The standard InChI is InChI=1S/C16H19F3N2O5/c1-24-11-7-13(26-3)12(25-2)6-10(11)15(23)20-4-5-21(14(22)8-20)9-16(17,18)19/h6-7H,4-5,8-9H2,1-3H3. The summed E-state index contributed by atoms with van der Waals surface area (Å²) in [6, 6.07) is 2.88. The van der Waals surface area contributed by atoms with Gasteiger partial charge in [-0.1, -0.05) is 0 Å². The SMILES string of the molecule is COc1cc(OC)c(C(=O)N2CCN(CC(F)(F)F)C(=O)C2)cc1OC. The number of piperazine rings is 1. The lowest BCUT2D eigenvalue weighted by Gasteiger charge is -2.34. The number of hydrogen-bond donors (Lipinski definition) is 0. The van der Waals surface area contributed by atoms with Gasteiger partial charge in [0.15, 0.2) is 11.5 Å². The third-order valence-electron chi connectivity index (χ3n) is 3.91. The molecule has 1 aromatic carbocycles. The first-order valence-electron chi connectivity index (χ1n) is 7.64. The zero-order chi connectivity index (χ0) is 19.5. The number of benzene rings is 1. The molecular weight excluding hydrogens is 357 g/mol. The average Bonchev–Trinajstić information content (AvgIpc) is 2.60. The molecule has 2 amide bonds. The van der Waals surface area contributed by atoms with E-state index in [-0.39, 0.29) is 24.4 Å². The van der Waals surface area contributed by atoms with Crippen molar-refractivity contribution in [1.82, 2.24) is 9.80 Å². The molecule has 1 fully saturated rings. The van der Waals surface area contributed by atoms with Crippen LogP contribution >= 0.6 is 0 Å². The normalized spacial score (nSPS) is 15.1. The molecular formula is C16H19F3N2O5. The van der Waals surface area contributed by atoms with Crippen molar-refractivity contribution in [2.75, 3.05) is 47.5 Å². The van der Waals surface area contributed by atoms with Crippen LogP contribution in [0.1, 0.15) is 10.4 Å². The van der Waals surface area contributed by atoms with E-state index in [9.17, 15) is 22.8 Å². The highest BCUT2D eigenvalue weighted by atomic mass is 19.4. The lowest BCUT2D eigenvalue weighted by Crippen LogP contribution is -2.54. The smallest absolute Gasteiger partial charge is 0.406 e. The highest BCUT2D eigenvalue weighted by molar-refractivity contribution is 6.00. The highest BCUT2D eigenvalue weighted by Gasteiger charge is 2.37. The van der Waals surface area contributed by atoms with E-state index >= 15 is 0 Å². The van der Waals surface area contributed by atoms with Crippen molar-refractivity contribution in [2.45, 2.75) is 6.18 Å². The summed E-state index contributed by atoms with van der Waals surface area (Å²) in [6.45, 7) is -1.97. The average molecular weight is 376 g/mol. The molecule has 1 aliphatic rings. The van der Waals surface area contributed by atoms with E-state index in [4.69, 9.17) is 14.2 Å². The van der Waals surface area contributed by atoms with Crippen molar-refractivity contribution in [2.24, 2.45) is 0 Å². The number of halogens is 3. The fourth-order valence-corrected chi connectivity index (χ4v) is 2.63. The van der Waals surface area contributed by atoms with Gasteiger partial charge in [-0.05, 0) is 0 Å². The zero-order valence-electron chi connectivity index (χ0n) is 14.6. The van der Waals surface area contributed by atoms with E-state index in [2.05, 4.69) is 0 Å². The Labute approximate surface area is 148 Å². The lowest BCUT2D eigenvalue weighted by atomic mass is 10.1. The third kappa shape index (κ3) is 4.30. The molecule has 2 rings (SSSR count). The predicted octanol–water partition coefficient (Wildman–Crippen LogP) is 1.56. The van der Waals surface area contributed by atoms with Crippen LogP contribution in [-0.4, -0.2) is 75.3 Å². The van der Waals surface area contributed by atoms with Crippen LogP contribution in [0.2, 0.25) is 0 Å². The number of alkyl halides is 3. The quantitative estimate of drug-likeness (QED) is 0.780. The van der Waals surface area contributed by atoms with Crippen molar-refractivity contribution in [3.63, 3.8) is 0 Å². The second kappa shape index (κ2) is 7.71. The van der Waals surface area contributed by atoms with E-state index in [1.165, 1.54) is 38.4 Å². The van der Waals surface area contributed by atoms with Crippen molar-refractivity contribution in [3.8, 4) is 17.2 Å². The van der Waals surface area contributed by atoms with Gasteiger partial charge >= 0.3 is 6.18 Å². The molecule has 1 heterocycles. The maximum Gasteiger partial charge on any atom is 0.406 e. The van der Waals surface area contributed by atoms with Crippen LogP contribution < -0.4 is 14.2 Å². The van der Waals surface area contributed by atoms with Gasteiger partial charge < -0.3 is 24.0 Å². The molecule has 0 aromatic heterocycles. The topological polar surface area (TPSA) is 68.3 Å². The summed E-state index contributed by atoms with van der Waals surface area (Å²) in [5.41, 5.74) is 0.127. The van der Waals surface area contributed by atoms with Crippen LogP contribution in [0.4, 0.5) is 13.2 Å². The van der Waals surface area contributed by atoms with Crippen LogP contribution in [0.5, 0.6) is 17.2 Å². The molecule has 0 atom stereocenters. The molecule has 144 valence electrons. The highest BCUT2D eigenvalue weighted by Crippen LogP contribution is 2.35. The lowest BCUT2D eigenvalue weighted by molar-refractivity contribution is -0.164. The molecule has 1 saturated heterocycles. The molecule has 0 N–H and O–H groups in total. The molecule has 0 aliphatic carbocycles. The van der Waals surface area contributed by atoms with Crippen molar-refractivity contribution in [1.29, 1.82) is 0 Å². The van der Waals surface area contributed by atoms with Crippen LogP contribution in [0.15, 0.2) is 12.1 Å². The minimum atomic E-state index is -4.48. The molecule has 1 aromatic rings. The first kappa shape index (κ1) is 19.7. The molecule has 10 heteroatoms. The minimum absolute atomic E-state index is 0.0157. The number of carbonyl (C=O) groups excluding carboxylic acids is 2.